The third kappa shape index (κ3) is 5.28. The zero-order valence-corrected chi connectivity index (χ0v) is 17.3. The van der Waals surface area contributed by atoms with Crippen molar-refractivity contribution in [2.24, 2.45) is 5.92 Å². The average molecular weight is 399 g/mol. The predicted molar refractivity (Wildman–Crippen MR) is 107 cm³/mol. The number of benzene rings is 1. The first-order valence-electron chi connectivity index (χ1n) is 8.24. The maximum Gasteiger partial charge on any atom is 0.318 e. The number of rotatable bonds is 10. The molecular formula is C19H26O5S2. The maximum atomic E-state index is 12.5. The van der Waals surface area contributed by atoms with E-state index < -0.39 is 38.8 Å². The van der Waals surface area contributed by atoms with Gasteiger partial charge in [0.1, 0.15) is 23.0 Å². The van der Waals surface area contributed by atoms with Crippen LogP contribution in [0, 0.1) is 5.92 Å². The molecule has 7 heteroatoms. The lowest BCUT2D eigenvalue weighted by molar-refractivity contribution is -0.151. The molecule has 3 unspecified atom stereocenters. The molecule has 0 saturated heterocycles. The fourth-order valence-electron chi connectivity index (χ4n) is 2.76. The average Bonchev–Trinajstić information content (AvgIpc) is 2.57. The normalized spacial score (nSPS) is 14.8. The lowest BCUT2D eigenvalue weighted by Gasteiger charge is -2.37. The van der Waals surface area contributed by atoms with Crippen LogP contribution in [0.1, 0.15) is 32.3 Å². The molecule has 0 aromatic heterocycles. The molecule has 1 rings (SSSR count). The minimum absolute atomic E-state index is 0.132. The van der Waals surface area contributed by atoms with E-state index in [1.54, 1.807) is 57.4 Å². The summed E-state index contributed by atoms with van der Waals surface area (Å²) in [7, 11) is 0. The molecule has 1 aromatic rings. The molecule has 0 bridgehead atoms. The summed E-state index contributed by atoms with van der Waals surface area (Å²) in [6.45, 7) is 9.19. The molecule has 0 radical (unpaired) electrons. The van der Waals surface area contributed by atoms with Crippen LogP contribution in [0.2, 0.25) is 0 Å². The molecule has 0 aliphatic rings. The number of hydrogen-bond donors (Lipinski definition) is 1. The van der Waals surface area contributed by atoms with Crippen molar-refractivity contribution in [3.05, 3.63) is 42.5 Å². The molecule has 3 atom stereocenters. The SMILES string of the molecule is C=CCOc1ccccc1C(C(C(=O)S)C(=O)OCC)C(C)(C)[S+](C)[O-]. The fourth-order valence-corrected chi connectivity index (χ4v) is 3.64. The predicted octanol–water partition coefficient (Wildman–Crippen LogP) is 3.13. The third-order valence-electron chi connectivity index (χ3n) is 4.24. The van der Waals surface area contributed by atoms with E-state index in [-0.39, 0.29) is 13.2 Å². The van der Waals surface area contributed by atoms with Gasteiger partial charge in [0.25, 0.3) is 0 Å². The largest absolute Gasteiger partial charge is 0.616 e. The monoisotopic (exact) mass is 398 g/mol. The minimum Gasteiger partial charge on any atom is -0.616 e. The van der Waals surface area contributed by atoms with Crippen LogP contribution in [0.3, 0.4) is 0 Å². The molecule has 144 valence electrons. The molecule has 0 fully saturated rings. The van der Waals surface area contributed by atoms with E-state index in [4.69, 9.17) is 9.47 Å². The first kappa shape index (κ1) is 22.6. The highest BCUT2D eigenvalue weighted by molar-refractivity contribution is 7.96. The van der Waals surface area contributed by atoms with Gasteiger partial charge in [0.05, 0.1) is 18.8 Å². The van der Waals surface area contributed by atoms with Crippen molar-refractivity contribution in [1.82, 2.24) is 0 Å². The van der Waals surface area contributed by atoms with Gasteiger partial charge in [0.2, 0.25) is 5.12 Å². The van der Waals surface area contributed by atoms with Crippen molar-refractivity contribution in [1.29, 1.82) is 0 Å². The Kier molecular flexibility index (Phi) is 8.73. The van der Waals surface area contributed by atoms with Gasteiger partial charge in [-0.3, -0.25) is 9.59 Å². The molecule has 0 spiro atoms. The van der Waals surface area contributed by atoms with Crippen molar-refractivity contribution in [2.75, 3.05) is 19.5 Å². The Morgan fingerprint density at radius 1 is 1.38 bits per heavy atom. The van der Waals surface area contributed by atoms with E-state index >= 15 is 0 Å². The quantitative estimate of drug-likeness (QED) is 0.215. The summed E-state index contributed by atoms with van der Waals surface area (Å²) in [5.41, 5.74) is 0.606. The highest BCUT2D eigenvalue weighted by Gasteiger charge is 2.50. The van der Waals surface area contributed by atoms with Crippen LogP contribution in [-0.2, 0) is 25.5 Å². The van der Waals surface area contributed by atoms with Crippen LogP contribution in [-0.4, -0.2) is 39.9 Å². The van der Waals surface area contributed by atoms with Gasteiger partial charge >= 0.3 is 5.97 Å². The zero-order chi connectivity index (χ0) is 19.9. The Labute approximate surface area is 163 Å². The summed E-state index contributed by atoms with van der Waals surface area (Å²) in [6.07, 6.45) is 3.15. The van der Waals surface area contributed by atoms with E-state index in [0.717, 1.165) is 0 Å². The molecule has 0 amide bonds. The summed E-state index contributed by atoms with van der Waals surface area (Å²) < 4.78 is 22.4. The lowest BCUT2D eigenvalue weighted by Crippen LogP contribution is -2.46. The van der Waals surface area contributed by atoms with Gasteiger partial charge in [-0.15, -0.1) is 12.6 Å². The summed E-state index contributed by atoms with van der Waals surface area (Å²) in [5.74, 6) is -2.13. The van der Waals surface area contributed by atoms with E-state index in [1.165, 1.54) is 0 Å². The van der Waals surface area contributed by atoms with E-state index in [1.807, 2.05) is 0 Å². The number of ether oxygens (including phenoxy) is 2. The Morgan fingerprint density at radius 3 is 2.50 bits per heavy atom. The van der Waals surface area contributed by atoms with E-state index in [2.05, 4.69) is 19.2 Å². The van der Waals surface area contributed by atoms with Crippen molar-refractivity contribution < 1.29 is 23.6 Å². The van der Waals surface area contributed by atoms with Crippen molar-refractivity contribution in [3.63, 3.8) is 0 Å². The van der Waals surface area contributed by atoms with Crippen molar-refractivity contribution in [2.45, 2.75) is 31.4 Å². The number of para-hydroxylation sites is 1. The summed E-state index contributed by atoms with van der Waals surface area (Å²) in [4.78, 5) is 24.8. The van der Waals surface area contributed by atoms with Gasteiger partial charge < -0.3 is 14.0 Å². The summed E-state index contributed by atoms with van der Waals surface area (Å²) in [6, 6.07) is 7.08. The van der Waals surface area contributed by atoms with Gasteiger partial charge in [-0.25, -0.2) is 0 Å². The first-order valence-corrected chi connectivity index (χ1v) is 10.2. The number of hydrogen-bond acceptors (Lipinski definition) is 5. The molecule has 26 heavy (non-hydrogen) atoms. The Hall–Kier alpha value is -1.44. The van der Waals surface area contributed by atoms with Crippen LogP contribution in [0.25, 0.3) is 0 Å². The standard InChI is InChI=1S/C19H26O5S2/c1-6-12-24-14-11-9-8-10-13(14)16(19(3,4)26(5)22)15(18(21)25)17(20)23-7-2/h6,8-11,15-16H,1,7,12H2,2-5H3,(H,21,25). The second kappa shape index (κ2) is 10.0. The molecule has 0 N–H and O–H groups in total. The van der Waals surface area contributed by atoms with Gasteiger partial charge in [0.15, 0.2) is 0 Å². The van der Waals surface area contributed by atoms with Gasteiger partial charge in [0, 0.05) is 5.56 Å². The molecule has 0 heterocycles. The molecule has 0 aliphatic carbocycles. The molecule has 5 nitrogen and oxygen atoms in total. The van der Waals surface area contributed by atoms with Crippen LogP contribution < -0.4 is 4.74 Å². The van der Waals surface area contributed by atoms with Gasteiger partial charge in [-0.2, -0.15) is 0 Å². The van der Waals surface area contributed by atoms with Crippen LogP contribution in [0.4, 0.5) is 0 Å². The van der Waals surface area contributed by atoms with Gasteiger partial charge in [-0.05, 0) is 26.8 Å². The van der Waals surface area contributed by atoms with Crippen LogP contribution >= 0.6 is 12.6 Å². The molecule has 0 aliphatic heterocycles. The third-order valence-corrected chi connectivity index (χ3v) is 6.25. The van der Waals surface area contributed by atoms with E-state index in [9.17, 15) is 14.1 Å². The summed E-state index contributed by atoms with van der Waals surface area (Å²) in [5, 5.41) is -0.634. The topological polar surface area (TPSA) is 75.7 Å². The van der Waals surface area contributed by atoms with Crippen LogP contribution in [0.15, 0.2) is 36.9 Å². The smallest absolute Gasteiger partial charge is 0.318 e. The maximum absolute atomic E-state index is 12.5. The fraction of sp³-hybridized carbons (Fsp3) is 0.474. The van der Waals surface area contributed by atoms with Crippen molar-refractivity contribution >= 4 is 34.9 Å². The van der Waals surface area contributed by atoms with E-state index in [0.29, 0.717) is 11.3 Å². The van der Waals surface area contributed by atoms with Gasteiger partial charge in [-0.1, -0.05) is 42.0 Å². The second-order valence-electron chi connectivity index (χ2n) is 6.24. The molecule has 0 saturated carbocycles. The Balaban J connectivity index is 3.59. The minimum atomic E-state index is -1.35. The number of carbonyl (C=O) groups is 2. The number of thiol groups is 1. The second-order valence-corrected chi connectivity index (χ2v) is 8.64. The summed E-state index contributed by atoms with van der Waals surface area (Å²) >= 11 is 2.58. The highest BCUT2D eigenvalue weighted by Crippen LogP contribution is 2.44. The molecular weight excluding hydrogens is 372 g/mol. The Morgan fingerprint density at radius 2 is 2.00 bits per heavy atom. The molecule has 1 aromatic carbocycles. The Bertz CT molecular complexity index is 643. The lowest BCUT2D eigenvalue weighted by atomic mass is 9.77. The van der Waals surface area contributed by atoms with Crippen molar-refractivity contribution in [3.8, 4) is 5.75 Å². The highest BCUT2D eigenvalue weighted by atomic mass is 32.2. The number of esters is 1. The number of carbonyl (C=O) groups excluding carboxylic acids is 2. The van der Waals surface area contributed by atoms with Crippen LogP contribution in [0.5, 0.6) is 5.75 Å². The zero-order valence-electron chi connectivity index (χ0n) is 15.6. The first-order chi connectivity index (χ1) is 12.2.